The lowest BCUT2D eigenvalue weighted by molar-refractivity contribution is 0.282. The predicted molar refractivity (Wildman–Crippen MR) is 70.3 cm³/mol. The Morgan fingerprint density at radius 1 is 1.47 bits per heavy atom. The van der Waals surface area contributed by atoms with E-state index in [0.29, 0.717) is 12.0 Å². The van der Waals surface area contributed by atoms with E-state index in [-0.39, 0.29) is 6.61 Å². The summed E-state index contributed by atoms with van der Waals surface area (Å²) < 4.78 is 0. The number of nitrogens with zero attached hydrogens (tertiary/aromatic N) is 2. The quantitative estimate of drug-likeness (QED) is 0.675. The maximum Gasteiger partial charge on any atom is 0.224 e. The summed E-state index contributed by atoms with van der Waals surface area (Å²) in [6.07, 6.45) is 3.54. The van der Waals surface area contributed by atoms with Gasteiger partial charge in [-0.05, 0) is 33.6 Å². The largest absolute Gasteiger partial charge is 0.396 e. The van der Waals surface area contributed by atoms with Gasteiger partial charge in [0.1, 0.15) is 5.82 Å². The predicted octanol–water partition coefficient (Wildman–Crippen LogP) is 1.79. The molecule has 5 heteroatoms. The summed E-state index contributed by atoms with van der Waals surface area (Å²) in [4.78, 5) is 8.61. The van der Waals surface area contributed by atoms with Crippen molar-refractivity contribution < 1.29 is 5.11 Å². The molecule has 1 unspecified atom stereocenters. The van der Waals surface area contributed by atoms with E-state index in [1.54, 1.807) is 0 Å². The second kappa shape index (κ2) is 7.06. The molecule has 0 spiro atoms. The summed E-state index contributed by atoms with van der Waals surface area (Å²) in [5.41, 5.74) is 1.03. The zero-order valence-corrected chi connectivity index (χ0v) is 10.8. The number of aromatic nitrogens is 2. The van der Waals surface area contributed by atoms with Crippen molar-refractivity contribution in [3.63, 3.8) is 0 Å². The van der Waals surface area contributed by atoms with Gasteiger partial charge in [0.05, 0.1) is 0 Å². The van der Waals surface area contributed by atoms with Gasteiger partial charge in [-0.25, -0.2) is 4.98 Å². The highest BCUT2D eigenvalue weighted by Gasteiger charge is 2.07. The summed E-state index contributed by atoms with van der Waals surface area (Å²) in [5, 5.41) is 15.2. The first-order valence-corrected chi connectivity index (χ1v) is 6.12. The minimum Gasteiger partial charge on any atom is -0.396 e. The van der Waals surface area contributed by atoms with E-state index in [2.05, 4.69) is 27.5 Å². The second-order valence-electron chi connectivity index (χ2n) is 4.17. The number of aliphatic hydroxyl groups is 1. The molecule has 0 aromatic carbocycles. The van der Waals surface area contributed by atoms with Crippen LogP contribution in [0.3, 0.4) is 0 Å². The fourth-order valence-corrected chi connectivity index (χ4v) is 1.53. The Hall–Kier alpha value is -1.36. The molecule has 0 radical (unpaired) electrons. The van der Waals surface area contributed by atoms with Crippen LogP contribution in [-0.2, 0) is 0 Å². The fourth-order valence-electron chi connectivity index (χ4n) is 1.53. The summed E-state index contributed by atoms with van der Waals surface area (Å²) >= 11 is 0. The van der Waals surface area contributed by atoms with E-state index in [4.69, 9.17) is 5.11 Å². The summed E-state index contributed by atoms with van der Waals surface area (Å²) in [5.74, 6) is 1.51. The van der Waals surface area contributed by atoms with Gasteiger partial charge in [0.2, 0.25) is 5.95 Å². The molecule has 3 N–H and O–H groups in total. The van der Waals surface area contributed by atoms with Crippen molar-refractivity contribution in [3.8, 4) is 0 Å². The van der Waals surface area contributed by atoms with E-state index < -0.39 is 0 Å². The van der Waals surface area contributed by atoms with Crippen LogP contribution in [0.2, 0.25) is 0 Å². The molecule has 0 amide bonds. The van der Waals surface area contributed by atoms with Gasteiger partial charge in [0, 0.05) is 31.0 Å². The third kappa shape index (κ3) is 4.56. The van der Waals surface area contributed by atoms with Gasteiger partial charge >= 0.3 is 0 Å². The van der Waals surface area contributed by atoms with E-state index in [1.165, 1.54) is 0 Å². The van der Waals surface area contributed by atoms with Crippen molar-refractivity contribution in [2.75, 3.05) is 23.8 Å². The molecule has 0 bridgehead atoms. The number of hydrogen-bond acceptors (Lipinski definition) is 5. The Kier molecular flexibility index (Phi) is 5.69. The minimum atomic E-state index is 0.234. The Morgan fingerprint density at radius 2 is 2.24 bits per heavy atom. The van der Waals surface area contributed by atoms with Crippen molar-refractivity contribution in [1.82, 2.24) is 9.97 Å². The number of aliphatic hydroxyl groups excluding tert-OH is 1. The third-order valence-electron chi connectivity index (χ3n) is 2.48. The van der Waals surface area contributed by atoms with Crippen LogP contribution in [0.1, 0.15) is 32.3 Å². The highest BCUT2D eigenvalue weighted by Crippen LogP contribution is 2.14. The molecule has 1 rings (SSSR count). The third-order valence-corrected chi connectivity index (χ3v) is 2.48. The molecule has 0 aliphatic rings. The van der Waals surface area contributed by atoms with Crippen molar-refractivity contribution in [2.45, 2.75) is 39.7 Å². The number of rotatable bonds is 7. The molecule has 1 atom stereocenters. The van der Waals surface area contributed by atoms with Gasteiger partial charge in [-0.1, -0.05) is 0 Å². The number of aryl methyl sites for hydroxylation is 1. The van der Waals surface area contributed by atoms with Gasteiger partial charge in [-0.15, -0.1) is 0 Å². The molecule has 0 aliphatic heterocycles. The van der Waals surface area contributed by atoms with Gasteiger partial charge in [-0.3, -0.25) is 0 Å². The van der Waals surface area contributed by atoms with E-state index in [0.717, 1.165) is 30.8 Å². The Bertz CT molecular complexity index is 343. The molecule has 1 heterocycles. The van der Waals surface area contributed by atoms with Crippen LogP contribution < -0.4 is 10.6 Å². The zero-order valence-electron chi connectivity index (χ0n) is 10.8. The van der Waals surface area contributed by atoms with Crippen LogP contribution >= 0.6 is 0 Å². The molecular weight excluding hydrogens is 216 g/mol. The normalized spacial score (nSPS) is 12.2. The SMILES string of the molecule is CCNc1ncc(C)c(NC(C)CCCO)n1. The second-order valence-corrected chi connectivity index (χ2v) is 4.17. The van der Waals surface area contributed by atoms with Crippen molar-refractivity contribution in [2.24, 2.45) is 0 Å². The van der Waals surface area contributed by atoms with Crippen molar-refractivity contribution >= 4 is 11.8 Å². The molecule has 17 heavy (non-hydrogen) atoms. The highest BCUT2D eigenvalue weighted by molar-refractivity contribution is 5.46. The first kappa shape index (κ1) is 13.7. The molecule has 0 fully saturated rings. The zero-order chi connectivity index (χ0) is 12.7. The Morgan fingerprint density at radius 3 is 2.88 bits per heavy atom. The van der Waals surface area contributed by atoms with Crippen molar-refractivity contribution in [3.05, 3.63) is 11.8 Å². The molecule has 96 valence electrons. The average molecular weight is 238 g/mol. The Labute approximate surface area is 103 Å². The molecule has 1 aromatic heterocycles. The molecule has 0 saturated heterocycles. The number of nitrogens with one attached hydrogen (secondary N) is 2. The highest BCUT2D eigenvalue weighted by atomic mass is 16.2. The fraction of sp³-hybridized carbons (Fsp3) is 0.667. The smallest absolute Gasteiger partial charge is 0.224 e. The lowest BCUT2D eigenvalue weighted by Crippen LogP contribution is -2.18. The summed E-state index contributed by atoms with van der Waals surface area (Å²) in [6, 6.07) is 0.297. The molecule has 0 aliphatic carbocycles. The minimum absolute atomic E-state index is 0.234. The molecule has 1 aromatic rings. The van der Waals surface area contributed by atoms with E-state index in [1.807, 2.05) is 20.0 Å². The summed E-state index contributed by atoms with van der Waals surface area (Å²) in [7, 11) is 0. The van der Waals surface area contributed by atoms with Crippen LogP contribution in [0.5, 0.6) is 0 Å². The van der Waals surface area contributed by atoms with Crippen LogP contribution in [-0.4, -0.2) is 34.3 Å². The standard InChI is InChI=1S/C12H22N4O/c1-4-13-12-14-8-9(2)11(16-12)15-10(3)6-5-7-17/h8,10,17H,4-7H2,1-3H3,(H2,13,14,15,16). The monoisotopic (exact) mass is 238 g/mol. The number of anilines is 2. The topological polar surface area (TPSA) is 70.1 Å². The number of hydrogen-bond donors (Lipinski definition) is 3. The van der Waals surface area contributed by atoms with Crippen LogP contribution in [0.15, 0.2) is 6.20 Å². The lowest BCUT2D eigenvalue weighted by Gasteiger charge is -2.16. The molecular formula is C12H22N4O. The van der Waals surface area contributed by atoms with Gasteiger partial charge in [0.15, 0.2) is 0 Å². The van der Waals surface area contributed by atoms with Gasteiger partial charge in [-0.2, -0.15) is 4.98 Å². The molecule has 0 saturated carbocycles. The first-order chi connectivity index (χ1) is 8.17. The van der Waals surface area contributed by atoms with Crippen LogP contribution in [0, 0.1) is 6.92 Å². The van der Waals surface area contributed by atoms with Crippen LogP contribution in [0.25, 0.3) is 0 Å². The Balaban J connectivity index is 2.64. The summed E-state index contributed by atoms with van der Waals surface area (Å²) in [6.45, 7) is 7.13. The van der Waals surface area contributed by atoms with Gasteiger partial charge in [0.25, 0.3) is 0 Å². The lowest BCUT2D eigenvalue weighted by atomic mass is 10.2. The molecule has 5 nitrogen and oxygen atoms in total. The van der Waals surface area contributed by atoms with Gasteiger partial charge < -0.3 is 15.7 Å². The first-order valence-electron chi connectivity index (χ1n) is 6.12. The average Bonchev–Trinajstić information content (AvgIpc) is 2.31. The van der Waals surface area contributed by atoms with Crippen LogP contribution in [0.4, 0.5) is 11.8 Å². The van der Waals surface area contributed by atoms with Crippen molar-refractivity contribution in [1.29, 1.82) is 0 Å². The maximum absolute atomic E-state index is 8.79. The maximum atomic E-state index is 8.79. The van der Waals surface area contributed by atoms with E-state index in [9.17, 15) is 0 Å². The van der Waals surface area contributed by atoms with E-state index >= 15 is 0 Å².